The minimum absolute atomic E-state index is 0.434. The van der Waals surface area contributed by atoms with E-state index in [4.69, 9.17) is 0 Å². The summed E-state index contributed by atoms with van der Waals surface area (Å²) in [7, 11) is 2.22. The average Bonchev–Trinajstić information content (AvgIpc) is 2.95. The van der Waals surface area contributed by atoms with Gasteiger partial charge in [0.2, 0.25) is 0 Å². The summed E-state index contributed by atoms with van der Waals surface area (Å²) in [6.07, 6.45) is 9.94. The second-order valence-corrected chi connectivity index (χ2v) is 7.78. The standard InChI is InChI=1S/C19H38N2/c1-6-21(7-2)19(12-8-9-13-19)18(20-5)17-11-10-15(3)16(4)14-17/h15-18,20H,6-14H2,1-5H3. The monoisotopic (exact) mass is 294 g/mol. The van der Waals surface area contributed by atoms with Crippen molar-refractivity contribution in [1.82, 2.24) is 10.2 Å². The molecule has 0 spiro atoms. The van der Waals surface area contributed by atoms with E-state index in [2.05, 4.69) is 45.0 Å². The second-order valence-electron chi connectivity index (χ2n) is 7.78. The van der Waals surface area contributed by atoms with E-state index in [9.17, 15) is 0 Å². The van der Waals surface area contributed by atoms with Gasteiger partial charge in [-0.3, -0.25) is 4.90 Å². The molecule has 2 heteroatoms. The second kappa shape index (κ2) is 7.46. The maximum Gasteiger partial charge on any atom is 0.0364 e. The van der Waals surface area contributed by atoms with E-state index in [-0.39, 0.29) is 0 Å². The summed E-state index contributed by atoms with van der Waals surface area (Å²) in [5, 5.41) is 3.80. The molecule has 0 aromatic heterocycles. The van der Waals surface area contributed by atoms with Gasteiger partial charge in [0.05, 0.1) is 0 Å². The number of hydrogen-bond donors (Lipinski definition) is 1. The molecule has 0 saturated heterocycles. The highest BCUT2D eigenvalue weighted by molar-refractivity contribution is 5.06. The maximum absolute atomic E-state index is 3.80. The van der Waals surface area contributed by atoms with Gasteiger partial charge in [-0.2, -0.15) is 0 Å². The smallest absolute Gasteiger partial charge is 0.0364 e. The zero-order valence-corrected chi connectivity index (χ0v) is 15.1. The van der Waals surface area contributed by atoms with Crippen molar-refractivity contribution in [3.8, 4) is 0 Å². The van der Waals surface area contributed by atoms with Gasteiger partial charge in [0.25, 0.3) is 0 Å². The number of likely N-dealkylation sites (N-methyl/N-ethyl adjacent to an activating group) is 2. The third kappa shape index (κ3) is 3.32. The fourth-order valence-corrected chi connectivity index (χ4v) is 5.50. The van der Waals surface area contributed by atoms with Gasteiger partial charge in [0.1, 0.15) is 0 Å². The van der Waals surface area contributed by atoms with Gasteiger partial charge in [0, 0.05) is 11.6 Å². The van der Waals surface area contributed by atoms with Crippen LogP contribution in [0.15, 0.2) is 0 Å². The van der Waals surface area contributed by atoms with E-state index in [1.54, 1.807) is 0 Å². The average molecular weight is 295 g/mol. The SMILES string of the molecule is CCN(CC)C1(C(NC)C2CCC(C)C(C)C2)CCCC1. The Bertz CT molecular complexity index is 305. The Balaban J connectivity index is 2.20. The molecule has 0 aliphatic heterocycles. The largest absolute Gasteiger partial charge is 0.315 e. The van der Waals surface area contributed by atoms with Crippen LogP contribution in [0.2, 0.25) is 0 Å². The van der Waals surface area contributed by atoms with Gasteiger partial charge >= 0.3 is 0 Å². The minimum atomic E-state index is 0.434. The summed E-state index contributed by atoms with van der Waals surface area (Å²) < 4.78 is 0. The molecule has 2 nitrogen and oxygen atoms in total. The Labute approximate surface area is 133 Å². The molecule has 2 rings (SSSR count). The van der Waals surface area contributed by atoms with Gasteiger partial charge in [-0.15, -0.1) is 0 Å². The van der Waals surface area contributed by atoms with Crippen molar-refractivity contribution < 1.29 is 0 Å². The molecule has 1 N–H and O–H groups in total. The van der Waals surface area contributed by atoms with Gasteiger partial charge in [-0.05, 0) is 63.6 Å². The molecule has 4 unspecified atom stereocenters. The number of nitrogens with zero attached hydrogens (tertiary/aromatic N) is 1. The van der Waals surface area contributed by atoms with E-state index < -0.39 is 0 Å². The summed E-state index contributed by atoms with van der Waals surface area (Å²) in [6, 6.07) is 0.690. The van der Waals surface area contributed by atoms with Crippen molar-refractivity contribution in [1.29, 1.82) is 0 Å². The molecule has 2 aliphatic rings. The zero-order chi connectivity index (χ0) is 15.5. The van der Waals surface area contributed by atoms with Gasteiger partial charge < -0.3 is 5.32 Å². The van der Waals surface area contributed by atoms with Crippen molar-refractivity contribution in [2.45, 2.75) is 84.2 Å². The molecule has 124 valence electrons. The third-order valence-corrected chi connectivity index (χ3v) is 6.86. The van der Waals surface area contributed by atoms with Gasteiger partial charge in [-0.1, -0.05) is 47.0 Å². The molecule has 2 fully saturated rings. The van der Waals surface area contributed by atoms with E-state index in [1.165, 1.54) is 58.0 Å². The van der Waals surface area contributed by atoms with E-state index in [0.717, 1.165) is 17.8 Å². The lowest BCUT2D eigenvalue weighted by Crippen LogP contribution is -2.62. The highest BCUT2D eigenvalue weighted by atomic mass is 15.2. The normalized spacial score (nSPS) is 34.3. The van der Waals surface area contributed by atoms with Crippen LogP contribution in [-0.4, -0.2) is 36.6 Å². The number of rotatable bonds is 6. The predicted molar refractivity (Wildman–Crippen MR) is 92.6 cm³/mol. The number of hydrogen-bond acceptors (Lipinski definition) is 2. The molecule has 0 aromatic carbocycles. The Morgan fingerprint density at radius 1 is 1.05 bits per heavy atom. The van der Waals surface area contributed by atoms with Crippen LogP contribution in [-0.2, 0) is 0 Å². The van der Waals surface area contributed by atoms with Crippen LogP contribution in [0.5, 0.6) is 0 Å². The molecule has 0 bridgehead atoms. The summed E-state index contributed by atoms with van der Waals surface area (Å²) in [5.74, 6) is 2.70. The van der Waals surface area contributed by atoms with Crippen LogP contribution >= 0.6 is 0 Å². The Kier molecular flexibility index (Phi) is 6.14. The van der Waals surface area contributed by atoms with E-state index in [1.807, 2.05) is 0 Å². The van der Waals surface area contributed by atoms with Crippen LogP contribution in [0.3, 0.4) is 0 Å². The lowest BCUT2D eigenvalue weighted by molar-refractivity contribution is 0.0225. The highest BCUT2D eigenvalue weighted by Crippen LogP contribution is 2.45. The first-order valence-electron chi connectivity index (χ1n) is 9.51. The molecule has 4 atom stereocenters. The van der Waals surface area contributed by atoms with Crippen LogP contribution in [0.1, 0.15) is 72.6 Å². The van der Waals surface area contributed by atoms with Crippen molar-refractivity contribution in [3.63, 3.8) is 0 Å². The summed E-state index contributed by atoms with van der Waals surface area (Å²) >= 11 is 0. The van der Waals surface area contributed by atoms with Crippen LogP contribution < -0.4 is 5.32 Å². The summed E-state index contributed by atoms with van der Waals surface area (Å²) in [5.41, 5.74) is 0.434. The quantitative estimate of drug-likeness (QED) is 0.785. The molecule has 0 aromatic rings. The Morgan fingerprint density at radius 3 is 2.14 bits per heavy atom. The van der Waals surface area contributed by atoms with Gasteiger partial charge in [0.15, 0.2) is 0 Å². The molecule has 0 amide bonds. The maximum atomic E-state index is 3.80. The van der Waals surface area contributed by atoms with Crippen LogP contribution in [0.25, 0.3) is 0 Å². The molecule has 21 heavy (non-hydrogen) atoms. The Morgan fingerprint density at radius 2 is 1.67 bits per heavy atom. The first kappa shape index (κ1) is 17.3. The fourth-order valence-electron chi connectivity index (χ4n) is 5.50. The zero-order valence-electron chi connectivity index (χ0n) is 15.1. The fraction of sp³-hybridized carbons (Fsp3) is 1.00. The van der Waals surface area contributed by atoms with Crippen LogP contribution in [0.4, 0.5) is 0 Å². The topological polar surface area (TPSA) is 15.3 Å². The molecule has 2 saturated carbocycles. The third-order valence-electron chi connectivity index (χ3n) is 6.86. The molecular weight excluding hydrogens is 256 g/mol. The first-order chi connectivity index (χ1) is 10.1. The lowest BCUT2D eigenvalue weighted by Gasteiger charge is -2.51. The molecule has 0 heterocycles. The minimum Gasteiger partial charge on any atom is -0.315 e. The van der Waals surface area contributed by atoms with E-state index in [0.29, 0.717) is 11.6 Å². The lowest BCUT2D eigenvalue weighted by atomic mass is 9.68. The summed E-state index contributed by atoms with van der Waals surface area (Å²) in [6.45, 7) is 12.0. The molecular formula is C19H38N2. The van der Waals surface area contributed by atoms with Crippen molar-refractivity contribution in [3.05, 3.63) is 0 Å². The first-order valence-corrected chi connectivity index (χ1v) is 9.51. The highest BCUT2D eigenvalue weighted by Gasteiger charge is 2.48. The van der Waals surface area contributed by atoms with Gasteiger partial charge in [-0.25, -0.2) is 0 Å². The van der Waals surface area contributed by atoms with Crippen molar-refractivity contribution >= 4 is 0 Å². The van der Waals surface area contributed by atoms with Crippen molar-refractivity contribution in [2.75, 3.05) is 20.1 Å². The predicted octanol–water partition coefficient (Wildman–Crippen LogP) is 4.30. The van der Waals surface area contributed by atoms with Crippen molar-refractivity contribution in [2.24, 2.45) is 17.8 Å². The van der Waals surface area contributed by atoms with E-state index >= 15 is 0 Å². The Hall–Kier alpha value is -0.0800. The van der Waals surface area contributed by atoms with Crippen LogP contribution in [0, 0.1) is 17.8 Å². The number of nitrogens with one attached hydrogen (secondary N) is 1. The molecule has 2 aliphatic carbocycles. The molecule has 0 radical (unpaired) electrons. The summed E-state index contributed by atoms with van der Waals surface area (Å²) in [4.78, 5) is 2.78.